The van der Waals surface area contributed by atoms with Gasteiger partial charge in [-0.25, -0.2) is 4.79 Å². The molecule has 46 heavy (non-hydrogen) atoms. The first-order valence-corrected chi connectivity index (χ1v) is 17.7. The summed E-state index contributed by atoms with van der Waals surface area (Å²) in [6.45, 7) is 7.49. The largest absolute Gasteiger partial charge is 0.454 e. The van der Waals surface area contributed by atoms with E-state index in [1.54, 1.807) is 58.9 Å². The van der Waals surface area contributed by atoms with E-state index in [9.17, 15) is 26.4 Å². The highest BCUT2D eigenvalue weighted by Crippen LogP contribution is 2.66. The zero-order chi connectivity index (χ0) is 33.0. The summed E-state index contributed by atoms with van der Waals surface area (Å²) < 4.78 is 94.5. The van der Waals surface area contributed by atoms with Gasteiger partial charge in [-0.15, -0.1) is 0 Å². The van der Waals surface area contributed by atoms with Gasteiger partial charge in [-0.05, 0) is 57.9 Å². The summed E-state index contributed by atoms with van der Waals surface area (Å²) in [5.41, 5.74) is -1.90. The lowest BCUT2D eigenvalue weighted by molar-refractivity contribution is -0.476. The van der Waals surface area contributed by atoms with E-state index in [0.29, 0.717) is 6.42 Å². The van der Waals surface area contributed by atoms with Crippen molar-refractivity contribution in [1.29, 1.82) is 0 Å². The second-order valence-electron chi connectivity index (χ2n) is 13.3. The number of hydrogen-bond acceptors (Lipinski definition) is 13. The molecular weight excluding hydrogens is 644 g/mol. The van der Waals surface area contributed by atoms with Crippen molar-refractivity contribution in [2.75, 3.05) is 0 Å². The summed E-state index contributed by atoms with van der Waals surface area (Å²) in [6.07, 6.45) is -7.78. The van der Waals surface area contributed by atoms with Crippen LogP contribution in [0.2, 0.25) is 0 Å². The van der Waals surface area contributed by atoms with Gasteiger partial charge in [-0.3, -0.25) is 13.2 Å². The fourth-order valence-electron chi connectivity index (χ4n) is 7.16. The minimum absolute atomic E-state index is 0.162. The van der Waals surface area contributed by atoms with E-state index in [0.717, 1.165) is 11.1 Å². The Bertz CT molecular complexity index is 1710. The van der Waals surface area contributed by atoms with Crippen molar-refractivity contribution in [3.8, 4) is 0 Å². The van der Waals surface area contributed by atoms with Crippen LogP contribution >= 0.6 is 0 Å². The number of carbonyl (C=O) groups is 2. The average molecular weight is 679 g/mol. The maximum Gasteiger partial charge on any atom is 0.351 e. The number of fused-ring (bicyclic) bond motifs is 2. The van der Waals surface area contributed by atoms with Gasteiger partial charge in [0, 0.05) is 5.41 Å². The van der Waals surface area contributed by atoms with Gasteiger partial charge >= 0.3 is 11.9 Å². The van der Waals surface area contributed by atoms with Crippen LogP contribution in [0.25, 0.3) is 0 Å². The number of hydrogen-bond donors (Lipinski definition) is 0. The van der Waals surface area contributed by atoms with Crippen molar-refractivity contribution in [3.63, 3.8) is 0 Å². The smallest absolute Gasteiger partial charge is 0.351 e. The summed E-state index contributed by atoms with van der Waals surface area (Å²) in [7, 11) is -8.95. The van der Waals surface area contributed by atoms with Crippen LogP contribution in [0.5, 0.6) is 0 Å². The monoisotopic (exact) mass is 678 g/mol. The Morgan fingerprint density at radius 1 is 0.717 bits per heavy atom. The van der Waals surface area contributed by atoms with Gasteiger partial charge in [-0.1, -0.05) is 49.2 Å². The number of esters is 2. The highest BCUT2D eigenvalue weighted by Gasteiger charge is 2.77. The van der Waals surface area contributed by atoms with Crippen LogP contribution < -0.4 is 0 Å². The fraction of sp³-hybridized carbons (Fsp3) is 0.548. The van der Waals surface area contributed by atoms with Crippen LogP contribution in [-0.2, 0) is 61.9 Å². The lowest BCUT2D eigenvalue weighted by atomic mass is 9.66. The van der Waals surface area contributed by atoms with E-state index in [4.69, 9.17) is 32.1 Å². The number of ether oxygens (including phenoxy) is 5. The zero-order valence-electron chi connectivity index (χ0n) is 25.7. The van der Waals surface area contributed by atoms with Crippen LogP contribution in [0.1, 0.15) is 44.7 Å². The second kappa shape index (κ2) is 10.3. The Morgan fingerprint density at radius 2 is 1.15 bits per heavy atom. The van der Waals surface area contributed by atoms with Crippen molar-refractivity contribution in [1.82, 2.24) is 0 Å². The van der Waals surface area contributed by atoms with Crippen molar-refractivity contribution < 1.29 is 58.5 Å². The van der Waals surface area contributed by atoms with Crippen LogP contribution in [0.15, 0.2) is 58.3 Å². The Balaban J connectivity index is 1.25. The fourth-order valence-corrected chi connectivity index (χ4v) is 9.34. The van der Waals surface area contributed by atoms with E-state index < -0.39 is 91.7 Å². The molecule has 4 aliphatic heterocycles. The van der Waals surface area contributed by atoms with Crippen molar-refractivity contribution in [3.05, 3.63) is 59.7 Å². The first kappa shape index (κ1) is 31.7. The standard InChI is InChI=1S/C31H34O13S2/c1-16-6-10-18(11-7-16)45(34,35)43-24-21-20(38-27(33)31-15-14-30(5,26(32)42-31)29(31,3)4)22-25(23(24)41-28(39-21)40-22)44-46(36,37)19-12-8-17(2)9-13-19/h6-13,20-25,28H,14-15H2,1-5H3/t20?,21?,22?,23?,24?,25?,28?,30-,31+/m1/s1. The summed E-state index contributed by atoms with van der Waals surface area (Å²) in [6, 6.07) is 11.8. The Hall–Kier alpha value is -2.92. The first-order chi connectivity index (χ1) is 21.5. The second-order valence-corrected chi connectivity index (χ2v) is 16.4. The molecule has 13 nitrogen and oxygen atoms in total. The Morgan fingerprint density at radius 3 is 1.54 bits per heavy atom. The quantitative estimate of drug-likeness (QED) is 0.296. The van der Waals surface area contributed by atoms with E-state index >= 15 is 0 Å². The van der Waals surface area contributed by atoms with Crippen molar-refractivity contribution >= 4 is 32.2 Å². The molecule has 6 fully saturated rings. The summed E-state index contributed by atoms with van der Waals surface area (Å²) >= 11 is 0. The van der Waals surface area contributed by atoms with Gasteiger partial charge < -0.3 is 23.7 Å². The predicted octanol–water partition coefficient (Wildman–Crippen LogP) is 2.67. The summed E-state index contributed by atoms with van der Waals surface area (Å²) in [5.74, 6) is -1.42. The highest BCUT2D eigenvalue weighted by molar-refractivity contribution is 7.87. The number of aryl methyl sites for hydroxylation is 2. The number of rotatable bonds is 8. The molecule has 0 aromatic heterocycles. The zero-order valence-corrected chi connectivity index (χ0v) is 27.3. The molecule has 2 aromatic rings. The lowest BCUT2D eigenvalue weighted by Crippen LogP contribution is -2.77. The van der Waals surface area contributed by atoms with Crippen molar-refractivity contribution in [2.45, 2.75) is 106 Å². The molecule has 4 saturated heterocycles. The molecule has 2 aromatic carbocycles. The van der Waals surface area contributed by atoms with E-state index in [1.807, 2.05) is 0 Å². The first-order valence-electron chi connectivity index (χ1n) is 14.9. The van der Waals surface area contributed by atoms with Crippen LogP contribution in [-0.4, -0.2) is 77.5 Å². The molecule has 6 aliphatic rings. The van der Waals surface area contributed by atoms with Gasteiger partial charge in [0.2, 0.25) is 5.60 Å². The SMILES string of the molecule is Cc1ccc(S(=O)(=O)OC2C3OC4OC(C3OC(=O)[C@]35CC[C@](C)(C(=O)O3)C5(C)C)C(OS(=O)(=O)c3ccc(C)cc3)C2O4)cc1. The molecule has 4 unspecified atom stereocenters. The Labute approximate surface area is 266 Å². The third kappa shape index (κ3) is 4.50. The normalized spacial score (nSPS) is 37.3. The topological polar surface area (TPSA) is 167 Å². The molecule has 4 heterocycles. The molecule has 6 bridgehead atoms. The van der Waals surface area contributed by atoms with Gasteiger partial charge in [-0.2, -0.15) is 16.8 Å². The lowest BCUT2D eigenvalue weighted by Gasteiger charge is -2.57. The van der Waals surface area contributed by atoms with Crippen LogP contribution in [0.3, 0.4) is 0 Å². The molecule has 2 saturated carbocycles. The maximum atomic E-state index is 14.1. The molecule has 2 aliphatic carbocycles. The predicted molar refractivity (Wildman–Crippen MR) is 155 cm³/mol. The minimum Gasteiger partial charge on any atom is -0.454 e. The van der Waals surface area contributed by atoms with Crippen LogP contribution in [0.4, 0.5) is 0 Å². The molecule has 0 radical (unpaired) electrons. The van der Waals surface area contributed by atoms with E-state index in [-0.39, 0.29) is 16.2 Å². The third-order valence-corrected chi connectivity index (χ3v) is 13.1. The molecule has 0 N–H and O–H groups in total. The molecule has 6 atom stereocenters. The van der Waals surface area contributed by atoms with Crippen LogP contribution in [0, 0.1) is 24.7 Å². The molecular formula is C31H34O13S2. The molecule has 0 amide bonds. The van der Waals surface area contributed by atoms with Gasteiger partial charge in [0.05, 0.1) is 15.2 Å². The van der Waals surface area contributed by atoms with Gasteiger partial charge in [0.15, 0.2) is 6.10 Å². The average Bonchev–Trinajstić information content (AvgIpc) is 3.28. The number of carbonyl (C=O) groups excluding carboxylic acids is 2. The van der Waals surface area contributed by atoms with E-state index in [1.165, 1.54) is 24.3 Å². The third-order valence-electron chi connectivity index (χ3n) is 10.5. The summed E-state index contributed by atoms with van der Waals surface area (Å²) in [5, 5.41) is 0. The minimum atomic E-state index is -4.47. The summed E-state index contributed by atoms with van der Waals surface area (Å²) in [4.78, 5) is 26.6. The van der Waals surface area contributed by atoms with Crippen molar-refractivity contribution in [2.24, 2.45) is 10.8 Å². The molecule has 15 heteroatoms. The maximum absolute atomic E-state index is 14.1. The van der Waals surface area contributed by atoms with E-state index in [2.05, 4.69) is 0 Å². The van der Waals surface area contributed by atoms with Gasteiger partial charge in [0.1, 0.15) is 30.5 Å². The highest BCUT2D eigenvalue weighted by atomic mass is 32.2. The molecule has 248 valence electrons. The van der Waals surface area contributed by atoms with Gasteiger partial charge in [0.25, 0.3) is 26.7 Å². The Kier molecular flexibility index (Phi) is 7.08. The molecule has 8 rings (SSSR count). The molecule has 0 spiro atoms. The number of benzene rings is 2.